The van der Waals surface area contributed by atoms with E-state index in [0.717, 1.165) is 13.1 Å². The van der Waals surface area contributed by atoms with Crippen LogP contribution in [0.3, 0.4) is 0 Å². The summed E-state index contributed by atoms with van der Waals surface area (Å²) in [7, 11) is 0. The smallest absolute Gasteiger partial charge is 0.212 e. The highest BCUT2D eigenvalue weighted by Gasteiger charge is 2.15. The first-order valence-electron chi connectivity index (χ1n) is 18.1. The highest BCUT2D eigenvalue weighted by atomic mass is 127. The minimum Gasteiger partial charge on any atom is -1.00 e. The predicted molar refractivity (Wildman–Crippen MR) is 210 cm³/mol. The number of fused-ring (bicyclic) bond motifs is 4. The molecule has 262 valence electrons. The van der Waals surface area contributed by atoms with E-state index >= 15 is 0 Å². The molecule has 0 radical (unpaired) electrons. The predicted octanol–water partition coefficient (Wildman–Crippen LogP) is 4.92. The fraction of sp³-hybridized carbons (Fsp3) is 0.174. The van der Waals surface area contributed by atoms with E-state index in [2.05, 4.69) is 177 Å². The van der Waals surface area contributed by atoms with Crippen molar-refractivity contribution in [1.82, 2.24) is 9.97 Å². The van der Waals surface area contributed by atoms with Crippen LogP contribution in [-0.2, 0) is 13.1 Å². The van der Waals surface area contributed by atoms with E-state index in [0.29, 0.717) is 0 Å². The number of nitrogens with one attached hydrogen (secondary N) is 2. The first-order valence-corrected chi connectivity index (χ1v) is 18.1. The molecule has 4 aromatic carbocycles. The molecule has 0 atom stereocenters. The zero-order chi connectivity index (χ0) is 33.5. The summed E-state index contributed by atoms with van der Waals surface area (Å²) in [6.07, 6.45) is 20.6. The van der Waals surface area contributed by atoms with Crippen molar-refractivity contribution < 1.29 is 57.1 Å². The number of para-hydroxylation sites is 4. The largest absolute Gasteiger partial charge is 1.00 e. The average Bonchev–Trinajstić information content (AvgIpc) is 3.78. The van der Waals surface area contributed by atoms with Gasteiger partial charge >= 0.3 is 0 Å². The molecule has 52 heavy (non-hydrogen) atoms. The van der Waals surface area contributed by atoms with Gasteiger partial charge in [0.15, 0.2) is 0 Å². The van der Waals surface area contributed by atoms with Crippen LogP contribution >= 0.6 is 0 Å². The molecule has 2 N–H and O–H groups in total. The molecule has 0 amide bonds. The molecule has 0 bridgehead atoms. The molecule has 0 saturated carbocycles. The molecule has 8 rings (SSSR count). The van der Waals surface area contributed by atoms with Crippen LogP contribution in [0.25, 0.3) is 67.9 Å². The molecule has 0 aliphatic rings. The third kappa shape index (κ3) is 8.34. The van der Waals surface area contributed by atoms with E-state index in [-0.39, 0.29) is 48.0 Å². The number of benzene rings is 4. The van der Waals surface area contributed by atoms with Crippen molar-refractivity contribution in [2.45, 2.75) is 51.6 Å². The molecule has 4 nitrogen and oxygen atoms in total. The van der Waals surface area contributed by atoms with Gasteiger partial charge in [0, 0.05) is 94.2 Å². The van der Waals surface area contributed by atoms with Crippen LogP contribution < -0.4 is 57.1 Å². The van der Waals surface area contributed by atoms with Gasteiger partial charge in [-0.2, -0.15) is 9.13 Å². The third-order valence-corrected chi connectivity index (χ3v) is 10.1. The molecule has 0 aliphatic carbocycles. The number of H-pyrrole nitrogens is 2. The van der Waals surface area contributed by atoms with Crippen LogP contribution in [0.5, 0.6) is 0 Å². The molecule has 6 heteroatoms. The van der Waals surface area contributed by atoms with Crippen molar-refractivity contribution in [3.63, 3.8) is 0 Å². The van der Waals surface area contributed by atoms with Crippen LogP contribution in [-0.4, -0.2) is 9.97 Å². The maximum Gasteiger partial charge on any atom is 0.212 e. The number of hydrogen-bond acceptors (Lipinski definition) is 0. The fourth-order valence-electron chi connectivity index (χ4n) is 7.41. The molecule has 4 heterocycles. The van der Waals surface area contributed by atoms with Gasteiger partial charge in [-0.15, -0.1) is 0 Å². The second kappa shape index (κ2) is 18.0. The number of halogens is 2. The summed E-state index contributed by atoms with van der Waals surface area (Å²) < 4.78 is 5.01. The molecule has 0 aliphatic heterocycles. The molecule has 0 saturated heterocycles. The van der Waals surface area contributed by atoms with Gasteiger partial charge in [-0.3, -0.25) is 0 Å². The summed E-state index contributed by atoms with van der Waals surface area (Å²) >= 11 is 0. The summed E-state index contributed by atoms with van der Waals surface area (Å²) in [5, 5.41) is 5.10. The van der Waals surface area contributed by atoms with Gasteiger partial charge in [0.25, 0.3) is 0 Å². The summed E-state index contributed by atoms with van der Waals surface area (Å²) in [5.74, 6) is 0. The van der Waals surface area contributed by atoms with E-state index in [1.54, 1.807) is 0 Å². The zero-order valence-electron chi connectivity index (χ0n) is 29.3. The summed E-state index contributed by atoms with van der Waals surface area (Å²) in [5.41, 5.74) is 9.89. The lowest BCUT2D eigenvalue weighted by atomic mass is 10.1. The second-order valence-electron chi connectivity index (χ2n) is 13.3. The molecular weight excluding hydrogens is 862 g/mol. The van der Waals surface area contributed by atoms with Crippen molar-refractivity contribution in [2.24, 2.45) is 0 Å². The molecule has 0 fully saturated rings. The zero-order valence-corrected chi connectivity index (χ0v) is 33.6. The van der Waals surface area contributed by atoms with Crippen LogP contribution in [0, 0.1) is 0 Å². The Morgan fingerprint density at radius 3 is 1.29 bits per heavy atom. The topological polar surface area (TPSA) is 39.3 Å². The minimum atomic E-state index is 0. The van der Waals surface area contributed by atoms with Crippen LogP contribution in [0.15, 0.2) is 134 Å². The number of aryl methyl sites for hydroxylation is 2. The third-order valence-electron chi connectivity index (χ3n) is 10.1. The highest BCUT2D eigenvalue weighted by molar-refractivity contribution is 5.92. The minimum absolute atomic E-state index is 0. The number of nitrogens with zero attached hydrogens (tertiary/aromatic N) is 2. The number of rotatable bonds is 13. The quantitative estimate of drug-likeness (QED) is 0.0939. The van der Waals surface area contributed by atoms with Crippen molar-refractivity contribution in [3.05, 3.63) is 156 Å². The monoisotopic (exact) mass is 906 g/mol. The van der Waals surface area contributed by atoms with Crippen molar-refractivity contribution in [1.29, 1.82) is 0 Å². The fourth-order valence-corrected chi connectivity index (χ4v) is 7.41. The average molecular weight is 907 g/mol. The van der Waals surface area contributed by atoms with E-state index in [1.165, 1.54) is 105 Å². The molecule has 4 aromatic heterocycles. The summed E-state index contributed by atoms with van der Waals surface area (Å²) in [6, 6.07) is 43.6. The first kappa shape index (κ1) is 37.5. The van der Waals surface area contributed by atoms with Crippen LogP contribution in [0.2, 0.25) is 0 Å². The number of pyridine rings is 2. The first-order chi connectivity index (χ1) is 24.8. The Morgan fingerprint density at radius 1 is 0.404 bits per heavy atom. The Bertz CT molecular complexity index is 2300. The van der Waals surface area contributed by atoms with Gasteiger partial charge in [0.2, 0.25) is 22.4 Å². The van der Waals surface area contributed by atoms with Crippen molar-refractivity contribution in [3.8, 4) is 0 Å². The van der Waals surface area contributed by atoms with Crippen LogP contribution in [0.1, 0.15) is 61.0 Å². The van der Waals surface area contributed by atoms with E-state index in [4.69, 9.17) is 0 Å². The van der Waals surface area contributed by atoms with E-state index in [9.17, 15) is 0 Å². The number of aromatic nitrogens is 4. The number of hydrogen-bond donors (Lipinski definition) is 2. The lowest BCUT2D eigenvalue weighted by molar-refractivity contribution is -0.673. The van der Waals surface area contributed by atoms with Crippen molar-refractivity contribution in [2.75, 3.05) is 0 Å². The lowest BCUT2D eigenvalue weighted by Gasteiger charge is -2.07. The Morgan fingerprint density at radius 2 is 0.808 bits per heavy atom. The van der Waals surface area contributed by atoms with Gasteiger partial charge in [-0.05, 0) is 72.5 Å². The Labute approximate surface area is 340 Å². The summed E-state index contributed by atoms with van der Waals surface area (Å²) in [6.45, 7) is 2.04. The van der Waals surface area contributed by atoms with Crippen molar-refractivity contribution >= 4 is 67.9 Å². The van der Waals surface area contributed by atoms with Gasteiger partial charge < -0.3 is 57.9 Å². The molecule has 0 unspecified atom stereocenters. The van der Waals surface area contributed by atoms with E-state index < -0.39 is 0 Å². The highest BCUT2D eigenvalue weighted by Crippen LogP contribution is 2.22. The normalized spacial score (nSPS) is 11.6. The maximum absolute atomic E-state index is 3.40. The van der Waals surface area contributed by atoms with Gasteiger partial charge in [-0.1, -0.05) is 73.5 Å². The second-order valence-corrected chi connectivity index (χ2v) is 13.3. The van der Waals surface area contributed by atoms with Crippen LogP contribution in [0.4, 0.5) is 0 Å². The molecule has 8 aromatic rings. The van der Waals surface area contributed by atoms with E-state index in [1.807, 2.05) is 0 Å². The van der Waals surface area contributed by atoms with Gasteiger partial charge in [-0.25, -0.2) is 0 Å². The Kier molecular flexibility index (Phi) is 13.0. The van der Waals surface area contributed by atoms with Gasteiger partial charge in [0.05, 0.1) is 0 Å². The lowest BCUT2D eigenvalue weighted by Crippen LogP contribution is -3.00. The molecule has 0 spiro atoms. The maximum atomic E-state index is 3.40. The standard InChI is InChI=1S/C46H42N4.2HI/c1(3-13-31-49-39(27-23-35-15-5-11-21-45(35)49)29-25-37-33-47-43-19-9-7-17-41(37)43)2-4-14-32-50-40(28-24-36-16-6-12-22-46(36)50)30-26-38-34-48-44-20-10-8-18-42(38)44;;/h5-12,15-30,33-34H,1-4,13-14,31-32H2;2*1H. The number of aromatic amines is 2. The number of unbranched alkanes of at least 4 members (excludes halogenated alkanes) is 5. The summed E-state index contributed by atoms with van der Waals surface area (Å²) in [4.78, 5) is 6.81. The Hall–Kier alpha value is -4.28. The SMILES string of the molecule is C(=C\c1ccc2ccccc2[n+]1CCCCCCCC[n+]1c(/C=C/c2c[nH]c3ccccc23)ccc2ccccc21)/c1c[nH]c2ccccc12.[I-].[I-]. The molecular formula is C46H44I2N4. The van der Waals surface area contributed by atoms with Gasteiger partial charge in [0.1, 0.15) is 13.1 Å². The Balaban J connectivity index is 0.00000232.